The van der Waals surface area contributed by atoms with Crippen LogP contribution < -0.4 is 5.73 Å². The zero-order valence-corrected chi connectivity index (χ0v) is 13.5. The van der Waals surface area contributed by atoms with Crippen molar-refractivity contribution in [3.63, 3.8) is 0 Å². The van der Waals surface area contributed by atoms with Gasteiger partial charge in [0.15, 0.2) is 5.13 Å². The molecule has 0 amide bonds. The topological polar surface area (TPSA) is 85.3 Å². The highest BCUT2D eigenvalue weighted by atomic mass is 32.1. The van der Waals surface area contributed by atoms with Crippen LogP contribution in [0.3, 0.4) is 0 Å². The quantitative estimate of drug-likeness (QED) is 0.688. The fourth-order valence-electron chi connectivity index (χ4n) is 2.74. The van der Waals surface area contributed by atoms with E-state index in [1.807, 2.05) is 18.2 Å². The van der Waals surface area contributed by atoms with E-state index in [4.69, 9.17) is 5.73 Å². The number of nitrogen functional groups attached to an aromatic ring is 1. The van der Waals surface area contributed by atoms with Gasteiger partial charge < -0.3 is 5.73 Å². The maximum atomic E-state index is 11.0. The second-order valence-electron chi connectivity index (χ2n) is 5.44. The van der Waals surface area contributed by atoms with Gasteiger partial charge in [0.2, 0.25) is 0 Å². The van der Waals surface area contributed by atoms with Crippen LogP contribution in [0.4, 0.5) is 10.8 Å². The molecule has 2 aromatic rings. The first-order chi connectivity index (χ1) is 11.1. The van der Waals surface area contributed by atoms with E-state index >= 15 is 0 Å². The van der Waals surface area contributed by atoms with Gasteiger partial charge in [-0.1, -0.05) is 24.3 Å². The Morgan fingerprint density at radius 3 is 2.96 bits per heavy atom. The molecule has 0 aliphatic carbocycles. The molecule has 0 radical (unpaired) electrons. The van der Waals surface area contributed by atoms with Gasteiger partial charge in [-0.25, -0.2) is 4.98 Å². The first kappa shape index (κ1) is 15.6. The van der Waals surface area contributed by atoms with Gasteiger partial charge in [-0.05, 0) is 12.5 Å². The fraction of sp³-hybridized carbons (Fsp3) is 0.312. The Morgan fingerprint density at radius 1 is 1.35 bits per heavy atom. The normalized spacial score (nSPS) is 15.5. The van der Waals surface area contributed by atoms with E-state index in [1.165, 1.54) is 10.9 Å². The first-order valence-corrected chi connectivity index (χ1v) is 8.31. The van der Waals surface area contributed by atoms with Crippen LogP contribution in [0, 0.1) is 10.1 Å². The summed E-state index contributed by atoms with van der Waals surface area (Å²) in [6, 6.07) is 6.79. The number of hydrogen-bond donors (Lipinski definition) is 1. The summed E-state index contributed by atoms with van der Waals surface area (Å²) in [4.78, 5) is 18.6. The summed E-state index contributed by atoms with van der Waals surface area (Å²) in [6.07, 6.45) is 5.68. The number of aromatic nitrogens is 1. The summed E-state index contributed by atoms with van der Waals surface area (Å²) in [5, 5.41) is 11.7. The lowest BCUT2D eigenvalue weighted by molar-refractivity contribution is -0.385. The fourth-order valence-corrected chi connectivity index (χ4v) is 3.60. The average molecular weight is 330 g/mol. The van der Waals surface area contributed by atoms with Crippen molar-refractivity contribution in [1.82, 2.24) is 9.88 Å². The minimum atomic E-state index is -0.348. The van der Waals surface area contributed by atoms with E-state index in [0.717, 1.165) is 38.2 Å². The minimum Gasteiger partial charge on any atom is -0.375 e. The molecule has 2 heterocycles. The average Bonchev–Trinajstić information content (AvgIpc) is 2.79. The second-order valence-corrected chi connectivity index (χ2v) is 6.56. The molecule has 1 aliphatic heterocycles. The van der Waals surface area contributed by atoms with E-state index in [1.54, 1.807) is 23.5 Å². The number of nitro benzene ring substituents is 1. The number of nitrogens with two attached hydrogens (primary N) is 1. The molecule has 0 saturated heterocycles. The van der Waals surface area contributed by atoms with E-state index in [2.05, 4.69) is 9.88 Å². The molecule has 7 heteroatoms. The number of rotatable bonds is 4. The molecule has 0 fully saturated rings. The summed E-state index contributed by atoms with van der Waals surface area (Å²) < 4.78 is 0. The van der Waals surface area contributed by atoms with E-state index < -0.39 is 0 Å². The zero-order valence-electron chi connectivity index (χ0n) is 12.6. The standard InChI is InChI=1S/C16H18N4O2S/c17-16-18-13-7-10-19(11-8-15(13)23-16)9-3-5-12-4-1-2-6-14(12)20(21)22/h1-6H,7-11H2,(H2,17,18)/b5-3+. The molecule has 23 heavy (non-hydrogen) atoms. The largest absolute Gasteiger partial charge is 0.375 e. The minimum absolute atomic E-state index is 0.140. The first-order valence-electron chi connectivity index (χ1n) is 7.50. The van der Waals surface area contributed by atoms with Crippen molar-refractivity contribution < 1.29 is 4.92 Å². The molecule has 0 bridgehead atoms. The Morgan fingerprint density at radius 2 is 2.13 bits per heavy atom. The summed E-state index contributed by atoms with van der Waals surface area (Å²) in [5.41, 5.74) is 7.66. The van der Waals surface area contributed by atoms with Crippen molar-refractivity contribution >= 4 is 28.2 Å². The molecule has 6 nitrogen and oxygen atoms in total. The summed E-state index contributed by atoms with van der Waals surface area (Å²) >= 11 is 1.58. The highest BCUT2D eigenvalue weighted by molar-refractivity contribution is 7.15. The third kappa shape index (κ3) is 3.75. The highest BCUT2D eigenvalue weighted by Crippen LogP contribution is 2.24. The van der Waals surface area contributed by atoms with Gasteiger partial charge in [-0.2, -0.15) is 0 Å². The van der Waals surface area contributed by atoms with Crippen LogP contribution in [0.5, 0.6) is 0 Å². The predicted octanol–water partition coefficient (Wildman–Crippen LogP) is 2.75. The molecule has 120 valence electrons. The zero-order chi connectivity index (χ0) is 16.2. The lowest BCUT2D eigenvalue weighted by Crippen LogP contribution is -2.26. The third-order valence-electron chi connectivity index (χ3n) is 3.91. The molecule has 1 aliphatic rings. The number of anilines is 1. The smallest absolute Gasteiger partial charge is 0.276 e. The summed E-state index contributed by atoms with van der Waals surface area (Å²) in [7, 11) is 0. The molecule has 1 aromatic heterocycles. The maximum absolute atomic E-state index is 11.0. The van der Waals surface area contributed by atoms with Gasteiger partial charge in [0, 0.05) is 37.0 Å². The van der Waals surface area contributed by atoms with Crippen molar-refractivity contribution in [3.05, 3.63) is 56.6 Å². The van der Waals surface area contributed by atoms with Crippen LogP contribution in [0.15, 0.2) is 30.3 Å². The monoisotopic (exact) mass is 330 g/mol. The van der Waals surface area contributed by atoms with Crippen LogP contribution in [0.2, 0.25) is 0 Å². The van der Waals surface area contributed by atoms with E-state index in [-0.39, 0.29) is 10.6 Å². The van der Waals surface area contributed by atoms with Crippen molar-refractivity contribution in [2.24, 2.45) is 0 Å². The van der Waals surface area contributed by atoms with Gasteiger partial charge in [0.25, 0.3) is 5.69 Å². The van der Waals surface area contributed by atoms with Crippen molar-refractivity contribution in [2.45, 2.75) is 12.8 Å². The Balaban J connectivity index is 1.61. The van der Waals surface area contributed by atoms with Crippen LogP contribution in [-0.4, -0.2) is 34.4 Å². The predicted molar refractivity (Wildman–Crippen MR) is 92.5 cm³/mol. The Kier molecular flexibility index (Phi) is 4.68. The molecule has 0 spiro atoms. The number of para-hydroxylation sites is 1. The van der Waals surface area contributed by atoms with Gasteiger partial charge in [-0.3, -0.25) is 15.0 Å². The van der Waals surface area contributed by atoms with Crippen molar-refractivity contribution in [2.75, 3.05) is 25.4 Å². The molecule has 0 unspecified atom stereocenters. The maximum Gasteiger partial charge on any atom is 0.276 e. The van der Waals surface area contributed by atoms with Crippen LogP contribution in [0.1, 0.15) is 16.1 Å². The van der Waals surface area contributed by atoms with E-state index in [9.17, 15) is 10.1 Å². The molecule has 1 aromatic carbocycles. The Labute approximate surface area is 138 Å². The molecular weight excluding hydrogens is 312 g/mol. The number of nitrogens with zero attached hydrogens (tertiary/aromatic N) is 3. The SMILES string of the molecule is Nc1nc2c(s1)CCN(C/C=C/c1ccccc1[N+](=O)[O-])CC2. The highest BCUT2D eigenvalue weighted by Gasteiger charge is 2.16. The summed E-state index contributed by atoms with van der Waals surface area (Å²) in [5.74, 6) is 0. The third-order valence-corrected chi connectivity index (χ3v) is 4.90. The molecule has 0 saturated carbocycles. The number of benzene rings is 1. The van der Waals surface area contributed by atoms with E-state index in [0.29, 0.717) is 10.7 Å². The Hall–Kier alpha value is -2.25. The second kappa shape index (κ2) is 6.89. The van der Waals surface area contributed by atoms with Crippen molar-refractivity contribution in [3.8, 4) is 0 Å². The molecular formula is C16H18N4O2S. The lowest BCUT2D eigenvalue weighted by Gasteiger charge is -2.17. The number of nitro groups is 1. The number of thiazole rings is 1. The van der Waals surface area contributed by atoms with Gasteiger partial charge >= 0.3 is 0 Å². The molecule has 3 rings (SSSR count). The molecule has 2 N–H and O–H groups in total. The summed E-state index contributed by atoms with van der Waals surface area (Å²) in [6.45, 7) is 2.66. The Bertz CT molecular complexity index is 716. The number of hydrogen-bond acceptors (Lipinski definition) is 6. The van der Waals surface area contributed by atoms with Crippen LogP contribution >= 0.6 is 11.3 Å². The molecule has 0 atom stereocenters. The van der Waals surface area contributed by atoms with Crippen LogP contribution in [0.25, 0.3) is 6.08 Å². The lowest BCUT2D eigenvalue weighted by atomic mass is 10.1. The van der Waals surface area contributed by atoms with Gasteiger partial charge in [0.1, 0.15) is 0 Å². The number of fused-ring (bicyclic) bond motifs is 1. The van der Waals surface area contributed by atoms with Crippen LogP contribution in [-0.2, 0) is 12.8 Å². The van der Waals surface area contributed by atoms with Gasteiger partial charge in [-0.15, -0.1) is 11.3 Å². The van der Waals surface area contributed by atoms with Crippen molar-refractivity contribution in [1.29, 1.82) is 0 Å². The van der Waals surface area contributed by atoms with Gasteiger partial charge in [0.05, 0.1) is 16.2 Å².